The molecule has 0 bridgehead atoms. The topological polar surface area (TPSA) is 46.5 Å². The third-order valence-corrected chi connectivity index (χ3v) is 4.32. The van der Waals surface area contributed by atoms with Crippen LogP contribution in [0.15, 0.2) is 0 Å². The predicted molar refractivity (Wildman–Crippen MR) is 65.9 cm³/mol. The van der Waals surface area contributed by atoms with Crippen molar-refractivity contribution in [2.75, 3.05) is 6.61 Å². The maximum Gasteiger partial charge on any atom is 0.306 e. The molecule has 1 saturated heterocycles. The van der Waals surface area contributed by atoms with E-state index in [1.807, 2.05) is 0 Å². The van der Waals surface area contributed by atoms with Gasteiger partial charge in [-0.2, -0.15) is 0 Å². The number of carbonyl (C=O) groups is 1. The van der Waals surface area contributed by atoms with Crippen LogP contribution in [0.5, 0.6) is 0 Å². The lowest BCUT2D eigenvalue weighted by molar-refractivity contribution is -0.143. The zero-order valence-electron chi connectivity index (χ0n) is 10.6. The van der Waals surface area contributed by atoms with Crippen molar-refractivity contribution in [2.45, 2.75) is 63.9 Å². The normalized spacial score (nSPS) is 32.7. The van der Waals surface area contributed by atoms with Crippen LogP contribution in [0.1, 0.15) is 57.8 Å². The number of carboxylic acid groups (broad SMARTS) is 1. The highest BCUT2D eigenvalue weighted by Crippen LogP contribution is 2.32. The Morgan fingerprint density at radius 2 is 1.71 bits per heavy atom. The second-order valence-electron chi connectivity index (χ2n) is 5.57. The van der Waals surface area contributed by atoms with Crippen LogP contribution in [-0.2, 0) is 9.53 Å². The van der Waals surface area contributed by atoms with Crippen molar-refractivity contribution in [3.05, 3.63) is 0 Å². The predicted octanol–water partition coefficient (Wildman–Crippen LogP) is 3.23. The molecule has 1 heterocycles. The number of rotatable bonds is 2. The van der Waals surface area contributed by atoms with Crippen molar-refractivity contribution >= 4 is 5.97 Å². The Morgan fingerprint density at radius 3 is 2.35 bits per heavy atom. The smallest absolute Gasteiger partial charge is 0.306 e. The van der Waals surface area contributed by atoms with Crippen LogP contribution in [-0.4, -0.2) is 23.8 Å². The largest absolute Gasteiger partial charge is 0.481 e. The molecule has 98 valence electrons. The molecule has 0 aromatic carbocycles. The molecule has 0 aromatic rings. The molecule has 1 aliphatic heterocycles. The van der Waals surface area contributed by atoms with Crippen LogP contribution in [0.4, 0.5) is 0 Å². The molecule has 0 spiro atoms. The van der Waals surface area contributed by atoms with Crippen molar-refractivity contribution in [1.82, 2.24) is 0 Å². The highest BCUT2D eigenvalue weighted by atomic mass is 16.5. The molecule has 1 saturated carbocycles. The first kappa shape index (κ1) is 12.9. The monoisotopic (exact) mass is 240 g/mol. The minimum absolute atomic E-state index is 0.175. The Balaban J connectivity index is 1.94. The second kappa shape index (κ2) is 6.39. The van der Waals surface area contributed by atoms with Gasteiger partial charge in [0.05, 0.1) is 12.0 Å². The summed E-state index contributed by atoms with van der Waals surface area (Å²) in [4.78, 5) is 11.1. The van der Waals surface area contributed by atoms with Crippen LogP contribution in [0, 0.1) is 11.8 Å². The van der Waals surface area contributed by atoms with Crippen molar-refractivity contribution in [2.24, 2.45) is 11.8 Å². The summed E-state index contributed by atoms with van der Waals surface area (Å²) >= 11 is 0. The van der Waals surface area contributed by atoms with Gasteiger partial charge in [-0.1, -0.05) is 25.7 Å². The minimum Gasteiger partial charge on any atom is -0.481 e. The van der Waals surface area contributed by atoms with E-state index in [-0.39, 0.29) is 12.0 Å². The zero-order valence-corrected chi connectivity index (χ0v) is 10.6. The molecule has 2 atom stereocenters. The Labute approximate surface area is 104 Å². The van der Waals surface area contributed by atoms with Gasteiger partial charge in [-0.15, -0.1) is 0 Å². The van der Waals surface area contributed by atoms with Gasteiger partial charge < -0.3 is 9.84 Å². The van der Waals surface area contributed by atoms with E-state index >= 15 is 0 Å². The third-order valence-electron chi connectivity index (χ3n) is 4.32. The van der Waals surface area contributed by atoms with Crippen molar-refractivity contribution in [3.8, 4) is 0 Å². The van der Waals surface area contributed by atoms with E-state index in [0.717, 1.165) is 25.9 Å². The number of aliphatic carboxylic acids is 1. The molecule has 0 aromatic heterocycles. The highest BCUT2D eigenvalue weighted by Gasteiger charge is 2.31. The fourth-order valence-corrected chi connectivity index (χ4v) is 3.27. The van der Waals surface area contributed by atoms with Crippen LogP contribution in [0.2, 0.25) is 0 Å². The zero-order chi connectivity index (χ0) is 12.1. The molecule has 17 heavy (non-hydrogen) atoms. The maximum atomic E-state index is 11.1. The fraction of sp³-hybridized carbons (Fsp3) is 0.929. The molecule has 2 fully saturated rings. The fourth-order valence-electron chi connectivity index (χ4n) is 3.27. The molecule has 2 unspecified atom stereocenters. The summed E-state index contributed by atoms with van der Waals surface area (Å²) in [7, 11) is 0. The lowest BCUT2D eigenvalue weighted by Gasteiger charge is -2.26. The molecule has 3 heteroatoms. The summed E-state index contributed by atoms with van der Waals surface area (Å²) in [5.74, 6) is -0.197. The second-order valence-corrected chi connectivity index (χ2v) is 5.57. The van der Waals surface area contributed by atoms with Gasteiger partial charge >= 0.3 is 5.97 Å². The summed E-state index contributed by atoms with van der Waals surface area (Å²) in [5, 5.41) is 9.18. The number of ether oxygens (including phenoxy) is 1. The van der Waals surface area contributed by atoms with Crippen molar-refractivity contribution in [3.63, 3.8) is 0 Å². The highest BCUT2D eigenvalue weighted by molar-refractivity contribution is 5.70. The van der Waals surface area contributed by atoms with Gasteiger partial charge in [-0.05, 0) is 38.0 Å². The van der Waals surface area contributed by atoms with Crippen LogP contribution in [0.25, 0.3) is 0 Å². The van der Waals surface area contributed by atoms with E-state index in [1.165, 1.54) is 38.5 Å². The van der Waals surface area contributed by atoms with Gasteiger partial charge in [-0.3, -0.25) is 4.79 Å². The lowest BCUT2D eigenvalue weighted by Crippen LogP contribution is -2.27. The molecular formula is C14H24O3. The average Bonchev–Trinajstić information content (AvgIpc) is 2.71. The molecule has 0 amide bonds. The Morgan fingerprint density at radius 1 is 1.00 bits per heavy atom. The van der Waals surface area contributed by atoms with E-state index in [1.54, 1.807) is 0 Å². The molecule has 1 aliphatic carbocycles. The average molecular weight is 240 g/mol. The van der Waals surface area contributed by atoms with E-state index < -0.39 is 5.97 Å². The standard InChI is InChI=1S/C14H24O3/c15-14(16)12-8-5-9-17-13(10-12)11-6-3-1-2-4-7-11/h11-13H,1-10H2,(H,15,16). The molecule has 0 radical (unpaired) electrons. The first-order valence-corrected chi connectivity index (χ1v) is 7.12. The van der Waals surface area contributed by atoms with E-state index in [4.69, 9.17) is 4.74 Å². The van der Waals surface area contributed by atoms with Gasteiger partial charge in [0, 0.05) is 6.61 Å². The number of hydrogen-bond donors (Lipinski definition) is 1. The summed E-state index contributed by atoms with van der Waals surface area (Å²) in [6, 6.07) is 0. The summed E-state index contributed by atoms with van der Waals surface area (Å²) < 4.78 is 5.92. The van der Waals surface area contributed by atoms with Crippen LogP contribution < -0.4 is 0 Å². The third kappa shape index (κ3) is 3.70. The summed E-state index contributed by atoms with van der Waals surface area (Å²) in [6.07, 6.45) is 10.4. The lowest BCUT2D eigenvalue weighted by atomic mass is 9.87. The van der Waals surface area contributed by atoms with E-state index in [9.17, 15) is 9.90 Å². The first-order chi connectivity index (χ1) is 8.27. The Hall–Kier alpha value is -0.570. The summed E-state index contributed by atoms with van der Waals surface area (Å²) in [6.45, 7) is 0.755. The SMILES string of the molecule is O=C(O)C1CCCOC(C2CCCCCC2)C1. The Bertz CT molecular complexity index is 244. The minimum atomic E-state index is -0.630. The van der Waals surface area contributed by atoms with Crippen molar-refractivity contribution < 1.29 is 14.6 Å². The van der Waals surface area contributed by atoms with Gasteiger partial charge in [-0.25, -0.2) is 0 Å². The molecule has 2 aliphatic rings. The quantitative estimate of drug-likeness (QED) is 0.754. The molecular weight excluding hydrogens is 216 g/mol. The van der Waals surface area contributed by atoms with Crippen molar-refractivity contribution in [1.29, 1.82) is 0 Å². The molecule has 2 rings (SSSR count). The maximum absolute atomic E-state index is 11.1. The van der Waals surface area contributed by atoms with Gasteiger partial charge in [0.15, 0.2) is 0 Å². The van der Waals surface area contributed by atoms with Gasteiger partial charge in [0.1, 0.15) is 0 Å². The van der Waals surface area contributed by atoms with Crippen LogP contribution >= 0.6 is 0 Å². The first-order valence-electron chi connectivity index (χ1n) is 7.12. The molecule has 1 N–H and O–H groups in total. The Kier molecular flexibility index (Phi) is 4.84. The van der Waals surface area contributed by atoms with Gasteiger partial charge in [0.25, 0.3) is 0 Å². The number of hydrogen-bond acceptors (Lipinski definition) is 2. The van der Waals surface area contributed by atoms with Gasteiger partial charge in [0.2, 0.25) is 0 Å². The summed E-state index contributed by atoms with van der Waals surface area (Å²) in [5.41, 5.74) is 0. The number of carboxylic acids is 1. The molecule has 3 nitrogen and oxygen atoms in total. The van der Waals surface area contributed by atoms with E-state index in [2.05, 4.69) is 0 Å². The van der Waals surface area contributed by atoms with E-state index in [0.29, 0.717) is 5.92 Å². The van der Waals surface area contributed by atoms with Crippen LogP contribution in [0.3, 0.4) is 0 Å².